The largest absolute Gasteiger partial charge is 0.354 e. The van der Waals surface area contributed by atoms with Crippen molar-refractivity contribution in [3.05, 3.63) is 59.8 Å². The van der Waals surface area contributed by atoms with Gasteiger partial charge >= 0.3 is 0 Å². The van der Waals surface area contributed by atoms with Crippen LogP contribution in [0.3, 0.4) is 0 Å². The highest BCUT2D eigenvalue weighted by Gasteiger charge is 1.96. The van der Waals surface area contributed by atoms with Gasteiger partial charge in [-0.15, -0.1) is 34.0 Å². The lowest BCUT2D eigenvalue weighted by Gasteiger charge is -2.07. The molecule has 2 aromatic rings. The van der Waals surface area contributed by atoms with Crippen molar-refractivity contribution in [1.29, 1.82) is 0 Å². The first-order valence-electron chi connectivity index (χ1n) is 20.1. The summed E-state index contributed by atoms with van der Waals surface area (Å²) < 4.78 is 4.65. The monoisotopic (exact) mass is 794 g/mol. The lowest BCUT2D eigenvalue weighted by molar-refractivity contribution is 0.529. The average molecular weight is 797 g/mol. The predicted molar refractivity (Wildman–Crippen MR) is 222 cm³/mol. The SMILES string of the molecule is Br.Br.CCCCCCCCCCCCN=c1ccn(CCCCCCCCn2ccc(=NCCCCCCCCCCCC)cc2)cc1. The topological polar surface area (TPSA) is 34.6 Å². The molecule has 0 atom stereocenters. The summed E-state index contributed by atoms with van der Waals surface area (Å²) in [5.41, 5.74) is 0. The number of aryl methyl sites for hydroxylation is 2. The summed E-state index contributed by atoms with van der Waals surface area (Å²) >= 11 is 0. The van der Waals surface area contributed by atoms with E-state index in [2.05, 4.69) is 72.0 Å². The molecule has 0 fully saturated rings. The second kappa shape index (κ2) is 35.7. The van der Waals surface area contributed by atoms with Crippen molar-refractivity contribution in [1.82, 2.24) is 9.13 Å². The molecule has 2 heterocycles. The number of aromatic nitrogens is 2. The van der Waals surface area contributed by atoms with Gasteiger partial charge in [-0.25, -0.2) is 0 Å². The van der Waals surface area contributed by atoms with Crippen LogP contribution in [0, 0.1) is 0 Å². The first-order chi connectivity index (χ1) is 22.8. The van der Waals surface area contributed by atoms with Crippen LogP contribution in [0.15, 0.2) is 59.0 Å². The van der Waals surface area contributed by atoms with Gasteiger partial charge < -0.3 is 9.13 Å². The molecule has 0 N–H and O–H groups in total. The van der Waals surface area contributed by atoms with E-state index in [0.717, 1.165) is 36.9 Å². The molecule has 2 aromatic heterocycles. The summed E-state index contributed by atoms with van der Waals surface area (Å²) in [6.45, 7) is 8.76. The van der Waals surface area contributed by atoms with Crippen molar-refractivity contribution < 1.29 is 0 Å². The van der Waals surface area contributed by atoms with Crippen LogP contribution in [0.25, 0.3) is 0 Å². The fourth-order valence-corrected chi connectivity index (χ4v) is 6.32. The molecule has 0 aliphatic heterocycles. The Kier molecular flexibility index (Phi) is 34.8. The highest BCUT2D eigenvalue weighted by Crippen LogP contribution is 2.12. The zero-order valence-electron chi connectivity index (χ0n) is 31.4. The molecule has 0 aliphatic carbocycles. The van der Waals surface area contributed by atoms with Crippen LogP contribution in [0.5, 0.6) is 0 Å². The summed E-state index contributed by atoms with van der Waals surface area (Å²) in [5, 5.41) is 2.27. The molecule has 0 unspecified atom stereocenters. The predicted octanol–water partition coefficient (Wildman–Crippen LogP) is 13.1. The molecule has 0 amide bonds. The minimum absolute atomic E-state index is 0. The standard InChI is InChI=1S/C42H74N4.2BrH/c1-3-5-7-9-11-13-15-17-21-25-33-43-41-29-37-45(38-30-41)35-27-23-19-20-24-28-36-46-39-31-42(32-40-46)44-34-26-22-18-16-14-12-10-8-6-4-2;;/h29-32,37-40H,3-28,33-36H2,1-2H3;2*1H. The first kappa shape index (κ1) is 46.9. The summed E-state index contributed by atoms with van der Waals surface area (Å²) in [7, 11) is 0. The molecule has 0 bridgehead atoms. The van der Waals surface area contributed by atoms with Gasteiger partial charge in [0.15, 0.2) is 0 Å². The Morgan fingerprint density at radius 3 is 0.896 bits per heavy atom. The van der Waals surface area contributed by atoms with E-state index in [-0.39, 0.29) is 34.0 Å². The third-order valence-corrected chi connectivity index (χ3v) is 9.44. The lowest BCUT2D eigenvalue weighted by atomic mass is 10.1. The summed E-state index contributed by atoms with van der Waals surface area (Å²) in [4.78, 5) is 9.59. The van der Waals surface area contributed by atoms with Crippen LogP contribution in [0.2, 0.25) is 0 Å². The van der Waals surface area contributed by atoms with E-state index in [1.807, 2.05) is 0 Å². The van der Waals surface area contributed by atoms with Gasteiger partial charge in [0.1, 0.15) is 0 Å². The molecule has 0 saturated carbocycles. The zero-order chi connectivity index (χ0) is 32.6. The number of pyridine rings is 2. The number of halogens is 2. The van der Waals surface area contributed by atoms with E-state index in [1.54, 1.807) is 0 Å². The molecule has 0 aromatic carbocycles. The van der Waals surface area contributed by atoms with Crippen molar-refractivity contribution in [2.24, 2.45) is 9.98 Å². The summed E-state index contributed by atoms with van der Waals surface area (Å²) in [6, 6.07) is 8.75. The molecule has 6 heteroatoms. The van der Waals surface area contributed by atoms with Gasteiger partial charge in [0.2, 0.25) is 0 Å². The molecule has 0 radical (unpaired) electrons. The highest BCUT2D eigenvalue weighted by atomic mass is 79.9. The Hall–Kier alpha value is -1.14. The zero-order valence-corrected chi connectivity index (χ0v) is 34.9. The van der Waals surface area contributed by atoms with Crippen molar-refractivity contribution in [2.45, 2.75) is 194 Å². The molecule has 2 rings (SSSR count). The quantitative estimate of drug-likeness (QED) is 0.0681. The molecule has 4 nitrogen and oxygen atoms in total. The molecule has 278 valence electrons. The van der Waals surface area contributed by atoms with Crippen molar-refractivity contribution in [3.8, 4) is 0 Å². The highest BCUT2D eigenvalue weighted by molar-refractivity contribution is 8.93. The number of hydrogen-bond acceptors (Lipinski definition) is 2. The fraction of sp³-hybridized carbons (Fsp3) is 0.762. The number of unbranched alkanes of at least 4 members (excludes halogenated alkanes) is 23. The van der Waals surface area contributed by atoms with Crippen LogP contribution in [0.4, 0.5) is 0 Å². The van der Waals surface area contributed by atoms with E-state index < -0.39 is 0 Å². The average Bonchev–Trinajstić information content (AvgIpc) is 3.08. The maximum absolute atomic E-state index is 4.79. The minimum Gasteiger partial charge on any atom is -0.354 e. The van der Waals surface area contributed by atoms with Gasteiger partial charge in [0.25, 0.3) is 0 Å². The van der Waals surface area contributed by atoms with Gasteiger partial charge in [0, 0.05) is 51.0 Å². The number of hydrogen-bond donors (Lipinski definition) is 0. The fourth-order valence-electron chi connectivity index (χ4n) is 6.32. The Labute approximate surface area is 318 Å². The van der Waals surface area contributed by atoms with Gasteiger partial charge in [0.05, 0.1) is 10.7 Å². The van der Waals surface area contributed by atoms with Gasteiger partial charge in [-0.2, -0.15) is 0 Å². The van der Waals surface area contributed by atoms with E-state index in [0.29, 0.717) is 0 Å². The number of rotatable bonds is 31. The molecule has 48 heavy (non-hydrogen) atoms. The van der Waals surface area contributed by atoms with Gasteiger partial charge in [-0.1, -0.05) is 155 Å². The van der Waals surface area contributed by atoms with E-state index in [9.17, 15) is 0 Å². The van der Waals surface area contributed by atoms with E-state index in [1.165, 1.54) is 167 Å². The van der Waals surface area contributed by atoms with E-state index in [4.69, 9.17) is 9.98 Å². The Bertz CT molecular complexity index is 951. The van der Waals surface area contributed by atoms with Crippen LogP contribution in [-0.4, -0.2) is 22.2 Å². The van der Waals surface area contributed by atoms with Crippen LogP contribution < -0.4 is 10.7 Å². The van der Waals surface area contributed by atoms with Gasteiger partial charge in [-0.05, 0) is 49.9 Å². The molecule has 0 spiro atoms. The second-order valence-electron chi connectivity index (χ2n) is 13.8. The summed E-state index contributed by atoms with van der Waals surface area (Å²) in [5.74, 6) is 0. The molecular weight excluding hydrogens is 720 g/mol. The molecule has 0 saturated heterocycles. The Morgan fingerprint density at radius 2 is 0.604 bits per heavy atom. The van der Waals surface area contributed by atoms with Crippen molar-refractivity contribution in [2.75, 3.05) is 13.1 Å². The van der Waals surface area contributed by atoms with Crippen molar-refractivity contribution >= 4 is 34.0 Å². The van der Waals surface area contributed by atoms with Crippen LogP contribution >= 0.6 is 34.0 Å². The molecular formula is C42H76Br2N4. The maximum Gasteiger partial charge on any atom is 0.0603 e. The molecule has 0 aliphatic rings. The van der Waals surface area contributed by atoms with Crippen molar-refractivity contribution in [3.63, 3.8) is 0 Å². The second-order valence-corrected chi connectivity index (χ2v) is 13.8. The number of nitrogens with zero attached hydrogens (tertiary/aromatic N) is 4. The Morgan fingerprint density at radius 1 is 0.354 bits per heavy atom. The normalized spacial score (nSPS) is 10.8. The minimum atomic E-state index is 0. The van der Waals surface area contributed by atoms with Crippen LogP contribution in [-0.2, 0) is 13.1 Å². The third-order valence-electron chi connectivity index (χ3n) is 9.44. The van der Waals surface area contributed by atoms with Gasteiger partial charge in [-0.3, -0.25) is 9.98 Å². The Balaban J connectivity index is 0.0000110. The van der Waals surface area contributed by atoms with Crippen LogP contribution in [0.1, 0.15) is 181 Å². The first-order valence-corrected chi connectivity index (χ1v) is 20.1. The third kappa shape index (κ3) is 27.7. The maximum atomic E-state index is 4.79. The van der Waals surface area contributed by atoms with E-state index >= 15 is 0 Å². The lowest BCUT2D eigenvalue weighted by Crippen LogP contribution is -2.07. The summed E-state index contributed by atoms with van der Waals surface area (Å²) in [6.07, 6.45) is 44.3. The smallest absolute Gasteiger partial charge is 0.0603 e.